The van der Waals surface area contributed by atoms with E-state index in [-0.39, 0.29) is 17.1 Å². The summed E-state index contributed by atoms with van der Waals surface area (Å²) >= 11 is 10.4. The van der Waals surface area contributed by atoms with E-state index in [2.05, 4.69) is 53.1 Å². The lowest BCUT2D eigenvalue weighted by atomic mass is 9.85. The minimum Gasteiger partial charge on any atom is -0.506 e. The maximum atomic E-state index is 12.5. The van der Waals surface area contributed by atoms with Crippen molar-refractivity contribution in [2.24, 2.45) is 0 Å². The van der Waals surface area contributed by atoms with Crippen molar-refractivity contribution in [1.29, 1.82) is 0 Å². The Morgan fingerprint density at radius 1 is 1.04 bits per heavy atom. The zero-order valence-corrected chi connectivity index (χ0v) is 18.6. The van der Waals surface area contributed by atoms with Crippen molar-refractivity contribution in [2.45, 2.75) is 26.2 Å². The SMILES string of the molecule is CC(C)(C)c1cc(C=C2C(=O)Nc3c(Br)cc(Br)cc32)cc(Br)c1O. The molecule has 25 heavy (non-hydrogen) atoms. The minimum absolute atomic E-state index is 0.143. The fraction of sp³-hybridized carbons (Fsp3) is 0.211. The molecule has 3 rings (SSSR count). The van der Waals surface area contributed by atoms with Crippen LogP contribution in [0.2, 0.25) is 0 Å². The largest absolute Gasteiger partial charge is 0.506 e. The van der Waals surface area contributed by atoms with Crippen LogP contribution in [0.3, 0.4) is 0 Å². The number of rotatable bonds is 1. The Morgan fingerprint density at radius 2 is 1.72 bits per heavy atom. The number of phenols is 1. The number of anilines is 1. The number of hydrogen-bond donors (Lipinski definition) is 2. The third kappa shape index (κ3) is 3.57. The van der Waals surface area contributed by atoms with Crippen molar-refractivity contribution >= 4 is 71.0 Å². The molecule has 6 heteroatoms. The molecule has 0 aromatic heterocycles. The first kappa shape index (κ1) is 18.7. The van der Waals surface area contributed by atoms with E-state index in [0.29, 0.717) is 10.0 Å². The Labute approximate surface area is 171 Å². The molecule has 0 bridgehead atoms. The number of phenolic OH excluding ortho intramolecular Hbond substituents is 1. The van der Waals surface area contributed by atoms with Crippen molar-refractivity contribution in [3.05, 3.63) is 54.4 Å². The molecule has 0 atom stereocenters. The standard InChI is InChI=1S/C19H16Br3NO2/c1-19(2,3)13-5-9(6-15(22)17(13)24)4-12-11-7-10(20)8-14(21)16(11)23-18(12)25/h4-8,24H,1-3H3,(H,23,25). The molecule has 0 saturated heterocycles. The molecular weight excluding hydrogens is 514 g/mol. The first-order valence-corrected chi connectivity index (χ1v) is 10.0. The number of carbonyl (C=O) groups is 1. The molecule has 0 saturated carbocycles. The van der Waals surface area contributed by atoms with Gasteiger partial charge in [0.15, 0.2) is 0 Å². The van der Waals surface area contributed by atoms with Gasteiger partial charge in [-0.3, -0.25) is 4.79 Å². The molecule has 2 aromatic carbocycles. The summed E-state index contributed by atoms with van der Waals surface area (Å²) in [5.74, 6) is 0.0896. The zero-order valence-electron chi connectivity index (χ0n) is 13.9. The first-order chi connectivity index (χ1) is 11.6. The summed E-state index contributed by atoms with van der Waals surface area (Å²) in [5, 5.41) is 13.2. The van der Waals surface area contributed by atoms with E-state index >= 15 is 0 Å². The molecular formula is C19H16Br3NO2. The molecule has 3 nitrogen and oxygen atoms in total. The van der Waals surface area contributed by atoms with Crippen molar-refractivity contribution < 1.29 is 9.90 Å². The zero-order chi connectivity index (χ0) is 18.5. The number of benzene rings is 2. The van der Waals surface area contributed by atoms with Crippen LogP contribution in [-0.2, 0) is 10.2 Å². The van der Waals surface area contributed by atoms with Crippen LogP contribution in [0.25, 0.3) is 11.6 Å². The van der Waals surface area contributed by atoms with Gasteiger partial charge in [-0.2, -0.15) is 0 Å². The average molecular weight is 530 g/mol. The van der Waals surface area contributed by atoms with Gasteiger partial charge >= 0.3 is 0 Å². The fourth-order valence-electron chi connectivity index (χ4n) is 2.80. The summed E-state index contributed by atoms with van der Waals surface area (Å²) in [4.78, 5) is 12.5. The Bertz CT molecular complexity index is 927. The van der Waals surface area contributed by atoms with Gasteiger partial charge in [0.25, 0.3) is 5.91 Å². The third-order valence-corrected chi connectivity index (χ3v) is 5.72. The number of carbonyl (C=O) groups excluding carboxylic acids is 1. The first-order valence-electron chi connectivity index (χ1n) is 7.63. The molecule has 130 valence electrons. The smallest absolute Gasteiger partial charge is 0.256 e. The molecule has 1 aliphatic heterocycles. The summed E-state index contributed by atoms with van der Waals surface area (Å²) in [5.41, 5.74) is 3.66. The Kier molecular flexibility index (Phi) is 4.90. The van der Waals surface area contributed by atoms with Crippen LogP contribution in [0, 0.1) is 0 Å². The highest BCUT2D eigenvalue weighted by atomic mass is 79.9. The van der Waals surface area contributed by atoms with Gasteiger partial charge in [-0.05, 0) is 73.2 Å². The van der Waals surface area contributed by atoms with Crippen molar-refractivity contribution in [2.75, 3.05) is 5.32 Å². The summed E-state index contributed by atoms with van der Waals surface area (Å²) < 4.78 is 2.33. The van der Waals surface area contributed by atoms with Crippen LogP contribution in [0.5, 0.6) is 5.75 Å². The predicted octanol–water partition coefficient (Wildman–Crippen LogP) is 6.47. The molecule has 0 fully saturated rings. The summed E-state index contributed by atoms with van der Waals surface area (Å²) in [6.07, 6.45) is 1.85. The van der Waals surface area contributed by atoms with E-state index in [1.165, 1.54) is 0 Å². The van der Waals surface area contributed by atoms with Gasteiger partial charge in [-0.25, -0.2) is 0 Å². The topological polar surface area (TPSA) is 49.3 Å². The van der Waals surface area contributed by atoms with Crippen LogP contribution in [0.1, 0.15) is 37.5 Å². The molecule has 2 aromatic rings. The lowest BCUT2D eigenvalue weighted by molar-refractivity contribution is -0.110. The molecule has 1 heterocycles. The van der Waals surface area contributed by atoms with Gasteiger partial charge in [0, 0.05) is 25.6 Å². The Balaban J connectivity index is 2.18. The van der Waals surface area contributed by atoms with Gasteiger partial charge in [-0.15, -0.1) is 0 Å². The van der Waals surface area contributed by atoms with Gasteiger partial charge < -0.3 is 10.4 Å². The monoisotopic (exact) mass is 527 g/mol. The summed E-state index contributed by atoms with van der Waals surface area (Å²) in [6, 6.07) is 7.56. The van der Waals surface area contributed by atoms with Gasteiger partial charge in [0.1, 0.15) is 5.75 Å². The molecule has 0 unspecified atom stereocenters. The highest BCUT2D eigenvalue weighted by Crippen LogP contribution is 2.42. The van der Waals surface area contributed by atoms with Crippen molar-refractivity contribution in [3.63, 3.8) is 0 Å². The number of nitrogens with one attached hydrogen (secondary N) is 1. The van der Waals surface area contributed by atoms with E-state index < -0.39 is 0 Å². The maximum Gasteiger partial charge on any atom is 0.256 e. The van der Waals surface area contributed by atoms with Gasteiger partial charge in [0.05, 0.1) is 10.2 Å². The van der Waals surface area contributed by atoms with Gasteiger partial charge in [-0.1, -0.05) is 36.7 Å². The van der Waals surface area contributed by atoms with E-state index in [1.807, 2.05) is 51.1 Å². The van der Waals surface area contributed by atoms with Crippen LogP contribution in [-0.4, -0.2) is 11.0 Å². The fourth-order valence-corrected chi connectivity index (χ4v) is 4.60. The number of amides is 1. The highest BCUT2D eigenvalue weighted by molar-refractivity contribution is 9.11. The second kappa shape index (κ2) is 6.56. The number of halogens is 3. The minimum atomic E-state index is -0.219. The molecule has 0 spiro atoms. The van der Waals surface area contributed by atoms with Crippen LogP contribution >= 0.6 is 47.8 Å². The molecule has 0 radical (unpaired) electrons. The third-order valence-electron chi connectivity index (χ3n) is 4.03. The van der Waals surface area contributed by atoms with Crippen LogP contribution in [0.4, 0.5) is 5.69 Å². The van der Waals surface area contributed by atoms with E-state index in [1.54, 1.807) is 0 Å². The molecule has 1 aliphatic rings. The number of hydrogen-bond acceptors (Lipinski definition) is 2. The molecule has 2 N–H and O–H groups in total. The lowest BCUT2D eigenvalue weighted by Crippen LogP contribution is -2.12. The predicted molar refractivity (Wildman–Crippen MR) is 113 cm³/mol. The van der Waals surface area contributed by atoms with Crippen LogP contribution < -0.4 is 5.32 Å². The van der Waals surface area contributed by atoms with Crippen LogP contribution in [0.15, 0.2) is 37.7 Å². The van der Waals surface area contributed by atoms with E-state index in [0.717, 1.165) is 31.3 Å². The molecule has 1 amide bonds. The summed E-state index contributed by atoms with van der Waals surface area (Å²) in [6.45, 7) is 6.12. The van der Waals surface area contributed by atoms with E-state index in [9.17, 15) is 9.90 Å². The number of fused-ring (bicyclic) bond motifs is 1. The Morgan fingerprint density at radius 3 is 2.36 bits per heavy atom. The highest BCUT2D eigenvalue weighted by Gasteiger charge is 2.27. The van der Waals surface area contributed by atoms with Crippen molar-refractivity contribution in [1.82, 2.24) is 0 Å². The molecule has 0 aliphatic carbocycles. The summed E-state index contributed by atoms with van der Waals surface area (Å²) in [7, 11) is 0. The second-order valence-corrected chi connectivity index (χ2v) is 9.60. The van der Waals surface area contributed by atoms with E-state index in [4.69, 9.17) is 0 Å². The maximum absolute atomic E-state index is 12.5. The Hall–Kier alpha value is -1.11. The number of aromatic hydroxyl groups is 1. The second-order valence-electron chi connectivity index (χ2n) is 6.97. The average Bonchev–Trinajstić information content (AvgIpc) is 2.78. The normalized spacial score (nSPS) is 15.4. The van der Waals surface area contributed by atoms with Gasteiger partial charge in [0.2, 0.25) is 0 Å². The van der Waals surface area contributed by atoms with Crippen molar-refractivity contribution in [3.8, 4) is 5.75 Å². The lowest BCUT2D eigenvalue weighted by Gasteiger charge is -2.21. The quantitative estimate of drug-likeness (QED) is 0.416.